The highest BCUT2D eigenvalue weighted by atomic mass is 32.2. The van der Waals surface area contributed by atoms with Gasteiger partial charge < -0.3 is 4.74 Å². The minimum atomic E-state index is -4.06. The molecule has 10 heteroatoms. The molecule has 1 aliphatic rings. The third kappa shape index (κ3) is 4.46. The maximum atomic E-state index is 12.0. The van der Waals surface area contributed by atoms with Crippen LogP contribution in [-0.2, 0) is 23.8 Å². The number of rotatable bonds is 7. The molecule has 0 unspecified atom stereocenters. The number of carbonyl (C=O) groups is 2. The molecule has 1 amide bonds. The Hall–Kier alpha value is -2.59. The molecule has 1 saturated heterocycles. The number of amides is 1. The van der Waals surface area contributed by atoms with E-state index in [1.165, 1.54) is 43.5 Å². The first kappa shape index (κ1) is 17.8. The fraction of sp³-hybridized carbons (Fsp3) is 0.286. The number of carbonyl (C=O) groups excluding carboxylic acids is 2. The first-order valence-electron chi connectivity index (χ1n) is 6.80. The molecule has 1 aromatic rings. The summed E-state index contributed by atoms with van der Waals surface area (Å²) in [6.07, 6.45) is 0.980. The van der Waals surface area contributed by atoms with Crippen LogP contribution in [-0.4, -0.2) is 44.4 Å². The SMILES string of the molecule is CC(=O)/C=C/N1C[C@@H](COS(=O)(=O)c2ccc(N=O)cc2)OC1=O. The molecule has 9 nitrogen and oxygen atoms in total. The van der Waals surface area contributed by atoms with Gasteiger partial charge >= 0.3 is 6.09 Å². The highest BCUT2D eigenvalue weighted by molar-refractivity contribution is 7.86. The Labute approximate surface area is 137 Å². The lowest BCUT2D eigenvalue weighted by Crippen LogP contribution is -2.23. The lowest BCUT2D eigenvalue weighted by atomic mass is 10.3. The Morgan fingerprint density at radius 3 is 2.67 bits per heavy atom. The predicted octanol–water partition coefficient (Wildman–Crippen LogP) is 1.71. The van der Waals surface area contributed by atoms with Crippen LogP contribution in [0.4, 0.5) is 10.5 Å². The van der Waals surface area contributed by atoms with Gasteiger partial charge in [0.25, 0.3) is 10.1 Å². The van der Waals surface area contributed by atoms with Crippen molar-refractivity contribution in [3.63, 3.8) is 0 Å². The molecular weight excluding hydrogens is 340 g/mol. The highest BCUT2D eigenvalue weighted by Gasteiger charge is 2.31. The van der Waals surface area contributed by atoms with Crippen LogP contribution < -0.4 is 0 Å². The van der Waals surface area contributed by atoms with E-state index < -0.39 is 22.3 Å². The van der Waals surface area contributed by atoms with Crippen LogP contribution in [0, 0.1) is 4.91 Å². The summed E-state index contributed by atoms with van der Waals surface area (Å²) in [6, 6.07) is 4.86. The molecule has 0 aromatic heterocycles. The maximum absolute atomic E-state index is 12.0. The monoisotopic (exact) mass is 354 g/mol. The first-order chi connectivity index (χ1) is 11.3. The van der Waals surface area contributed by atoms with E-state index in [0.29, 0.717) is 0 Å². The maximum Gasteiger partial charge on any atom is 0.414 e. The molecule has 0 saturated carbocycles. The Kier molecular flexibility index (Phi) is 5.42. The van der Waals surface area contributed by atoms with E-state index >= 15 is 0 Å². The van der Waals surface area contributed by atoms with E-state index in [1.807, 2.05) is 0 Å². The number of ketones is 1. The normalized spacial score (nSPS) is 18.0. The summed E-state index contributed by atoms with van der Waals surface area (Å²) in [7, 11) is -4.06. The standard InChI is InChI=1S/C14H14N2O7S/c1-10(17)6-7-16-8-12(23-14(16)18)9-22-24(20,21)13-4-2-11(15-19)3-5-13/h2-7,12H,8-9H2,1H3/b7-6+/t12-/m0/s1. The fourth-order valence-electron chi connectivity index (χ4n) is 1.85. The number of hydrogen-bond acceptors (Lipinski definition) is 8. The van der Waals surface area contributed by atoms with Gasteiger partial charge in [-0.25, -0.2) is 4.79 Å². The van der Waals surface area contributed by atoms with Crippen molar-refractivity contribution in [2.75, 3.05) is 13.2 Å². The third-order valence-corrected chi connectivity index (χ3v) is 4.33. The zero-order valence-electron chi connectivity index (χ0n) is 12.6. The number of ether oxygens (including phenoxy) is 1. The second-order valence-corrected chi connectivity index (χ2v) is 6.52. The number of nitroso groups, excluding NO2 is 1. The smallest absolute Gasteiger partial charge is 0.414 e. The molecule has 1 aliphatic heterocycles. The number of nitrogens with zero attached hydrogens (tertiary/aromatic N) is 2. The van der Waals surface area contributed by atoms with E-state index in [9.17, 15) is 22.9 Å². The van der Waals surface area contributed by atoms with Crippen molar-refractivity contribution in [1.29, 1.82) is 0 Å². The zero-order chi connectivity index (χ0) is 17.7. The summed E-state index contributed by atoms with van der Waals surface area (Å²) < 4.78 is 33.9. The fourth-order valence-corrected chi connectivity index (χ4v) is 2.79. The van der Waals surface area contributed by atoms with Gasteiger partial charge in [-0.3, -0.25) is 13.9 Å². The Bertz CT molecular complexity index is 771. The largest absolute Gasteiger partial charge is 0.441 e. The van der Waals surface area contributed by atoms with Crippen molar-refractivity contribution in [3.05, 3.63) is 41.4 Å². The van der Waals surface area contributed by atoms with Gasteiger partial charge in [0.1, 0.15) is 18.4 Å². The van der Waals surface area contributed by atoms with Gasteiger partial charge in [0, 0.05) is 6.20 Å². The summed E-state index contributed by atoms with van der Waals surface area (Å²) in [5.74, 6) is -0.238. The predicted molar refractivity (Wildman–Crippen MR) is 81.8 cm³/mol. The van der Waals surface area contributed by atoms with Crippen LogP contribution in [0.2, 0.25) is 0 Å². The van der Waals surface area contributed by atoms with Crippen molar-refractivity contribution in [2.45, 2.75) is 17.9 Å². The van der Waals surface area contributed by atoms with Gasteiger partial charge in [0.15, 0.2) is 5.78 Å². The van der Waals surface area contributed by atoms with Gasteiger partial charge in [0.05, 0.1) is 11.4 Å². The van der Waals surface area contributed by atoms with E-state index in [4.69, 9.17) is 8.92 Å². The molecule has 0 radical (unpaired) electrons. The van der Waals surface area contributed by atoms with Crippen LogP contribution in [0.3, 0.4) is 0 Å². The molecule has 0 N–H and O–H groups in total. The quantitative estimate of drug-likeness (QED) is 0.415. The Balaban J connectivity index is 1.96. The zero-order valence-corrected chi connectivity index (χ0v) is 13.4. The number of benzene rings is 1. The minimum absolute atomic E-state index is 0.0616. The van der Waals surface area contributed by atoms with E-state index in [2.05, 4.69) is 5.18 Å². The molecule has 1 atom stereocenters. The topological polar surface area (TPSA) is 119 Å². The summed E-state index contributed by atoms with van der Waals surface area (Å²) in [6.45, 7) is 1.02. The first-order valence-corrected chi connectivity index (χ1v) is 8.21. The Morgan fingerprint density at radius 2 is 2.08 bits per heavy atom. The van der Waals surface area contributed by atoms with Crippen LogP contribution in [0.15, 0.2) is 46.6 Å². The van der Waals surface area contributed by atoms with Crippen molar-refractivity contribution in [2.24, 2.45) is 5.18 Å². The summed E-state index contributed by atoms with van der Waals surface area (Å²) in [4.78, 5) is 33.7. The molecule has 24 heavy (non-hydrogen) atoms. The van der Waals surface area contributed by atoms with Gasteiger partial charge in [-0.15, -0.1) is 4.91 Å². The highest BCUT2D eigenvalue weighted by Crippen LogP contribution is 2.19. The third-order valence-electron chi connectivity index (χ3n) is 3.03. The van der Waals surface area contributed by atoms with Gasteiger partial charge in [-0.1, -0.05) is 0 Å². The molecule has 1 aromatic carbocycles. The molecule has 1 heterocycles. The molecule has 2 rings (SSSR count). The lowest BCUT2D eigenvalue weighted by molar-refractivity contribution is -0.112. The molecule has 1 fully saturated rings. The minimum Gasteiger partial charge on any atom is -0.441 e. The second-order valence-electron chi connectivity index (χ2n) is 4.91. The lowest BCUT2D eigenvalue weighted by Gasteiger charge is -2.09. The molecule has 0 aliphatic carbocycles. The summed E-state index contributed by atoms with van der Waals surface area (Å²) in [5.41, 5.74) is 0.0894. The van der Waals surface area contributed by atoms with Crippen molar-refractivity contribution in [3.8, 4) is 0 Å². The van der Waals surface area contributed by atoms with Crippen LogP contribution in [0.25, 0.3) is 0 Å². The average molecular weight is 354 g/mol. The van der Waals surface area contributed by atoms with Crippen molar-refractivity contribution < 1.29 is 26.9 Å². The van der Waals surface area contributed by atoms with Gasteiger partial charge in [0.2, 0.25) is 0 Å². The Morgan fingerprint density at radius 1 is 1.42 bits per heavy atom. The summed E-state index contributed by atoms with van der Waals surface area (Å²) >= 11 is 0. The van der Waals surface area contributed by atoms with Gasteiger partial charge in [-0.2, -0.15) is 8.42 Å². The molecule has 0 spiro atoms. The molecule has 0 bridgehead atoms. The van der Waals surface area contributed by atoms with Crippen LogP contribution >= 0.6 is 0 Å². The molecule has 128 valence electrons. The van der Waals surface area contributed by atoms with Gasteiger partial charge in [-0.05, 0) is 42.4 Å². The van der Waals surface area contributed by atoms with Crippen molar-refractivity contribution in [1.82, 2.24) is 4.90 Å². The number of hydrogen-bond donors (Lipinski definition) is 0. The van der Waals surface area contributed by atoms with Crippen LogP contribution in [0.5, 0.6) is 0 Å². The van der Waals surface area contributed by atoms with E-state index in [0.717, 1.165) is 4.90 Å². The number of cyclic esters (lactones) is 1. The average Bonchev–Trinajstić information content (AvgIpc) is 2.91. The van der Waals surface area contributed by atoms with Crippen LogP contribution in [0.1, 0.15) is 6.92 Å². The van der Waals surface area contributed by atoms with E-state index in [1.54, 1.807) is 0 Å². The van der Waals surface area contributed by atoms with E-state index in [-0.39, 0.29) is 29.5 Å². The summed E-state index contributed by atoms with van der Waals surface area (Å²) in [5, 5.41) is 2.67. The van der Waals surface area contributed by atoms with Crippen molar-refractivity contribution >= 4 is 27.7 Å². The number of allylic oxidation sites excluding steroid dienone is 1. The molecular formula is C14H14N2O7S. The second kappa shape index (κ2) is 7.32.